The zero-order chi connectivity index (χ0) is 21.6. The molecule has 6 heteroatoms. The van der Waals surface area contributed by atoms with E-state index < -0.39 is 0 Å². The molecule has 168 valence electrons. The highest BCUT2D eigenvalue weighted by atomic mass is 16.2. The van der Waals surface area contributed by atoms with Crippen molar-refractivity contribution in [2.75, 3.05) is 39.3 Å². The van der Waals surface area contributed by atoms with Crippen LogP contribution in [0.3, 0.4) is 0 Å². The number of likely N-dealkylation sites (tertiary alicyclic amines) is 2. The number of carbonyl (C=O) groups is 2. The van der Waals surface area contributed by atoms with Crippen molar-refractivity contribution in [2.24, 2.45) is 5.73 Å². The zero-order valence-electron chi connectivity index (χ0n) is 18.5. The third kappa shape index (κ3) is 5.55. The summed E-state index contributed by atoms with van der Waals surface area (Å²) >= 11 is 0. The maximum Gasteiger partial charge on any atom is 0.253 e. The number of allylic oxidation sites excluding steroid dienone is 1. The van der Waals surface area contributed by atoms with Gasteiger partial charge in [0.2, 0.25) is 5.91 Å². The molecule has 2 aliphatic heterocycles. The van der Waals surface area contributed by atoms with Gasteiger partial charge in [-0.2, -0.15) is 0 Å². The van der Waals surface area contributed by atoms with Crippen LogP contribution in [0.4, 0.5) is 0 Å². The van der Waals surface area contributed by atoms with Gasteiger partial charge in [0.25, 0.3) is 5.91 Å². The molecule has 0 spiro atoms. The number of rotatable bonds is 6. The summed E-state index contributed by atoms with van der Waals surface area (Å²) in [5.74, 6) is 0.491. The second kappa shape index (κ2) is 10.4. The van der Waals surface area contributed by atoms with Gasteiger partial charge in [-0.15, -0.1) is 0 Å². The van der Waals surface area contributed by atoms with Crippen LogP contribution < -0.4 is 11.1 Å². The number of hydrogen-bond acceptors (Lipinski definition) is 4. The van der Waals surface area contributed by atoms with Crippen LogP contribution in [0.1, 0.15) is 66.8 Å². The summed E-state index contributed by atoms with van der Waals surface area (Å²) in [6.07, 6.45) is 10.2. The van der Waals surface area contributed by atoms with E-state index in [1.54, 1.807) is 0 Å². The molecule has 1 aromatic rings. The van der Waals surface area contributed by atoms with Crippen molar-refractivity contribution in [1.29, 1.82) is 0 Å². The fraction of sp³-hybridized carbons (Fsp3) is 0.600. The SMILES string of the molecule is NCC(=O)NCC1=CCCC(c2ccc(C(=O)N3CCC(N4CCCC4)CC3)cc2)C1. The molecule has 1 unspecified atom stereocenters. The lowest BCUT2D eigenvalue weighted by atomic mass is 9.83. The van der Waals surface area contributed by atoms with Crippen molar-refractivity contribution in [1.82, 2.24) is 15.1 Å². The first-order chi connectivity index (χ1) is 15.1. The number of nitrogens with two attached hydrogens (primary N) is 1. The molecule has 3 N–H and O–H groups in total. The molecular weight excluding hydrogens is 388 g/mol. The smallest absolute Gasteiger partial charge is 0.253 e. The summed E-state index contributed by atoms with van der Waals surface area (Å²) in [7, 11) is 0. The molecule has 3 aliphatic rings. The van der Waals surface area contributed by atoms with Gasteiger partial charge in [-0.25, -0.2) is 0 Å². The molecule has 1 aliphatic carbocycles. The predicted octanol–water partition coefficient (Wildman–Crippen LogP) is 2.66. The standard InChI is InChI=1S/C25H36N4O2/c26-17-24(30)27-18-19-4-3-5-22(16-19)20-6-8-21(9-7-20)25(31)29-14-10-23(11-15-29)28-12-1-2-13-28/h4,6-9,22-23H,1-3,5,10-18,26H2,(H,27,30). The van der Waals surface area contributed by atoms with Crippen molar-refractivity contribution in [2.45, 2.75) is 56.9 Å². The molecule has 2 amide bonds. The Labute approximate surface area is 185 Å². The van der Waals surface area contributed by atoms with Gasteiger partial charge in [0, 0.05) is 31.2 Å². The minimum atomic E-state index is -0.115. The van der Waals surface area contributed by atoms with Crippen molar-refractivity contribution >= 4 is 11.8 Å². The summed E-state index contributed by atoms with van der Waals surface area (Å²) in [6.45, 7) is 4.81. The first-order valence-corrected chi connectivity index (χ1v) is 11.9. The monoisotopic (exact) mass is 424 g/mol. The number of benzene rings is 1. The Morgan fingerprint density at radius 2 is 1.71 bits per heavy atom. The van der Waals surface area contributed by atoms with E-state index in [0.29, 0.717) is 18.5 Å². The number of hydrogen-bond donors (Lipinski definition) is 2. The minimum Gasteiger partial charge on any atom is -0.351 e. The van der Waals surface area contributed by atoms with Crippen LogP contribution in [0.2, 0.25) is 0 Å². The largest absolute Gasteiger partial charge is 0.351 e. The molecule has 0 radical (unpaired) electrons. The highest BCUT2D eigenvalue weighted by molar-refractivity contribution is 5.94. The van der Waals surface area contributed by atoms with Gasteiger partial charge in [0.05, 0.1) is 6.54 Å². The molecule has 0 saturated carbocycles. The van der Waals surface area contributed by atoms with Crippen LogP contribution in [0.5, 0.6) is 0 Å². The highest BCUT2D eigenvalue weighted by Crippen LogP contribution is 2.33. The first kappa shape index (κ1) is 22.0. The van der Waals surface area contributed by atoms with Gasteiger partial charge >= 0.3 is 0 Å². The van der Waals surface area contributed by atoms with Gasteiger partial charge in [-0.1, -0.05) is 23.8 Å². The van der Waals surface area contributed by atoms with Crippen LogP contribution in [-0.4, -0.2) is 66.9 Å². The Morgan fingerprint density at radius 1 is 1.00 bits per heavy atom. The zero-order valence-corrected chi connectivity index (χ0v) is 18.5. The number of nitrogens with one attached hydrogen (secondary N) is 1. The quantitative estimate of drug-likeness (QED) is 0.688. The predicted molar refractivity (Wildman–Crippen MR) is 123 cm³/mol. The fourth-order valence-electron chi connectivity index (χ4n) is 5.32. The molecule has 2 saturated heterocycles. The van der Waals surface area contributed by atoms with Crippen molar-refractivity contribution in [3.05, 3.63) is 47.0 Å². The van der Waals surface area contributed by atoms with E-state index in [2.05, 4.69) is 28.4 Å². The molecule has 0 bridgehead atoms. The van der Waals surface area contributed by atoms with Crippen molar-refractivity contribution in [3.63, 3.8) is 0 Å². The fourth-order valence-corrected chi connectivity index (χ4v) is 5.32. The first-order valence-electron chi connectivity index (χ1n) is 11.9. The van der Waals surface area contributed by atoms with E-state index in [1.165, 1.54) is 37.1 Å². The molecule has 1 atom stereocenters. The van der Waals surface area contributed by atoms with Crippen LogP contribution >= 0.6 is 0 Å². The number of carbonyl (C=O) groups excluding carboxylic acids is 2. The molecule has 4 rings (SSSR count). The minimum absolute atomic E-state index is 0.0299. The van der Waals surface area contributed by atoms with E-state index >= 15 is 0 Å². The molecule has 2 fully saturated rings. The molecule has 6 nitrogen and oxygen atoms in total. The van der Waals surface area contributed by atoms with E-state index in [4.69, 9.17) is 5.73 Å². The summed E-state index contributed by atoms with van der Waals surface area (Å²) in [4.78, 5) is 29.1. The topological polar surface area (TPSA) is 78.7 Å². The highest BCUT2D eigenvalue weighted by Gasteiger charge is 2.28. The Hall–Kier alpha value is -2.18. The molecular formula is C25H36N4O2. The second-order valence-corrected chi connectivity index (χ2v) is 9.21. The Bertz CT molecular complexity index is 790. The van der Waals surface area contributed by atoms with Gasteiger partial charge in [-0.05, 0) is 81.6 Å². The van der Waals surface area contributed by atoms with E-state index in [-0.39, 0.29) is 18.4 Å². The summed E-state index contributed by atoms with van der Waals surface area (Å²) in [6, 6.07) is 8.90. The Balaban J connectivity index is 1.29. The van der Waals surface area contributed by atoms with Gasteiger partial charge in [0.1, 0.15) is 0 Å². The molecule has 2 heterocycles. The number of piperidine rings is 1. The molecule has 1 aromatic carbocycles. The van der Waals surface area contributed by atoms with Crippen LogP contribution in [0.25, 0.3) is 0 Å². The summed E-state index contributed by atoms with van der Waals surface area (Å²) in [5, 5.41) is 2.87. The number of nitrogens with zero attached hydrogens (tertiary/aromatic N) is 2. The van der Waals surface area contributed by atoms with E-state index in [0.717, 1.165) is 50.8 Å². The van der Waals surface area contributed by atoms with Gasteiger partial charge < -0.3 is 20.9 Å². The maximum atomic E-state index is 13.0. The van der Waals surface area contributed by atoms with Crippen LogP contribution in [0.15, 0.2) is 35.9 Å². The Morgan fingerprint density at radius 3 is 2.39 bits per heavy atom. The summed E-state index contributed by atoms with van der Waals surface area (Å²) < 4.78 is 0. The number of amides is 2. The second-order valence-electron chi connectivity index (χ2n) is 9.21. The average molecular weight is 425 g/mol. The maximum absolute atomic E-state index is 13.0. The van der Waals surface area contributed by atoms with Crippen molar-refractivity contribution < 1.29 is 9.59 Å². The van der Waals surface area contributed by atoms with Crippen LogP contribution in [-0.2, 0) is 4.79 Å². The van der Waals surface area contributed by atoms with Crippen molar-refractivity contribution in [3.8, 4) is 0 Å². The third-order valence-electron chi connectivity index (χ3n) is 7.19. The normalized spacial score (nSPS) is 22.9. The third-order valence-corrected chi connectivity index (χ3v) is 7.19. The lowest BCUT2D eigenvalue weighted by molar-refractivity contribution is -0.119. The van der Waals surface area contributed by atoms with E-state index in [1.807, 2.05) is 17.0 Å². The molecule has 0 aromatic heterocycles. The van der Waals surface area contributed by atoms with Gasteiger partial charge in [0.15, 0.2) is 0 Å². The molecule has 31 heavy (non-hydrogen) atoms. The lowest BCUT2D eigenvalue weighted by Gasteiger charge is -2.36. The summed E-state index contributed by atoms with van der Waals surface area (Å²) in [5.41, 5.74) is 8.71. The Kier molecular flexibility index (Phi) is 7.41. The lowest BCUT2D eigenvalue weighted by Crippen LogP contribution is -2.45. The van der Waals surface area contributed by atoms with Crippen LogP contribution in [0, 0.1) is 0 Å². The van der Waals surface area contributed by atoms with Gasteiger partial charge in [-0.3, -0.25) is 9.59 Å². The van der Waals surface area contributed by atoms with E-state index in [9.17, 15) is 9.59 Å². The average Bonchev–Trinajstić information content (AvgIpc) is 3.37.